The van der Waals surface area contributed by atoms with Crippen molar-refractivity contribution in [2.45, 2.75) is 6.42 Å². The Morgan fingerprint density at radius 2 is 2.15 bits per heavy atom. The SMILES string of the molecule is Oc1cc(C=CCCCl)ccc1Cl. The van der Waals surface area contributed by atoms with Crippen LogP contribution in [0.3, 0.4) is 0 Å². The molecule has 1 aromatic carbocycles. The predicted molar refractivity (Wildman–Crippen MR) is 57.5 cm³/mol. The zero-order valence-corrected chi connectivity index (χ0v) is 8.52. The molecule has 0 saturated carbocycles. The van der Waals surface area contributed by atoms with Gasteiger partial charge in [0, 0.05) is 5.88 Å². The molecule has 0 heterocycles. The summed E-state index contributed by atoms with van der Waals surface area (Å²) in [7, 11) is 0. The minimum atomic E-state index is 0.106. The normalized spacial score (nSPS) is 10.9. The summed E-state index contributed by atoms with van der Waals surface area (Å²) in [5.41, 5.74) is 0.923. The van der Waals surface area contributed by atoms with Crippen LogP contribution < -0.4 is 0 Å². The Hall–Kier alpha value is -0.660. The number of aromatic hydroxyl groups is 1. The highest BCUT2D eigenvalue weighted by atomic mass is 35.5. The van der Waals surface area contributed by atoms with Crippen molar-refractivity contribution in [3.8, 4) is 5.75 Å². The van der Waals surface area contributed by atoms with E-state index in [1.54, 1.807) is 12.1 Å². The molecule has 13 heavy (non-hydrogen) atoms. The Balaban J connectivity index is 2.73. The average molecular weight is 217 g/mol. The number of hydrogen-bond acceptors (Lipinski definition) is 1. The Morgan fingerprint density at radius 1 is 1.38 bits per heavy atom. The maximum absolute atomic E-state index is 9.26. The summed E-state index contributed by atoms with van der Waals surface area (Å²) in [6, 6.07) is 5.12. The molecule has 0 fully saturated rings. The number of phenolic OH excluding ortho intramolecular Hbond substituents is 1. The molecule has 0 spiro atoms. The topological polar surface area (TPSA) is 20.2 Å². The molecule has 1 nitrogen and oxygen atoms in total. The van der Waals surface area contributed by atoms with Crippen molar-refractivity contribution in [1.82, 2.24) is 0 Å². The van der Waals surface area contributed by atoms with Crippen molar-refractivity contribution in [3.63, 3.8) is 0 Å². The van der Waals surface area contributed by atoms with Gasteiger partial charge in [-0.3, -0.25) is 0 Å². The molecule has 1 aromatic rings. The van der Waals surface area contributed by atoms with Gasteiger partial charge in [0.2, 0.25) is 0 Å². The maximum atomic E-state index is 9.26. The van der Waals surface area contributed by atoms with Crippen LogP contribution in [0, 0.1) is 0 Å². The summed E-state index contributed by atoms with van der Waals surface area (Å²) in [5.74, 6) is 0.713. The molecular formula is C10H10Cl2O. The zero-order valence-electron chi connectivity index (χ0n) is 7.00. The van der Waals surface area contributed by atoms with Crippen molar-refractivity contribution in [2.75, 3.05) is 5.88 Å². The highest BCUT2D eigenvalue weighted by molar-refractivity contribution is 6.32. The van der Waals surface area contributed by atoms with E-state index in [0.29, 0.717) is 10.9 Å². The van der Waals surface area contributed by atoms with Gasteiger partial charge in [-0.1, -0.05) is 29.8 Å². The van der Waals surface area contributed by atoms with Crippen LogP contribution in [0.1, 0.15) is 12.0 Å². The predicted octanol–water partition coefficient (Wildman–Crippen LogP) is 3.69. The van der Waals surface area contributed by atoms with Crippen molar-refractivity contribution in [2.24, 2.45) is 0 Å². The van der Waals surface area contributed by atoms with E-state index in [4.69, 9.17) is 23.2 Å². The molecule has 1 rings (SSSR count). The fraction of sp³-hybridized carbons (Fsp3) is 0.200. The lowest BCUT2D eigenvalue weighted by Crippen LogP contribution is -1.74. The second kappa shape index (κ2) is 5.15. The summed E-state index contributed by atoms with van der Waals surface area (Å²) in [6.07, 6.45) is 4.68. The monoisotopic (exact) mass is 216 g/mol. The Morgan fingerprint density at radius 3 is 2.77 bits per heavy atom. The van der Waals surface area contributed by atoms with Crippen molar-refractivity contribution in [3.05, 3.63) is 34.9 Å². The molecule has 0 radical (unpaired) electrons. The number of alkyl halides is 1. The van der Waals surface area contributed by atoms with Gasteiger partial charge in [-0.15, -0.1) is 11.6 Å². The lowest BCUT2D eigenvalue weighted by atomic mass is 10.2. The van der Waals surface area contributed by atoms with Gasteiger partial charge in [-0.25, -0.2) is 0 Å². The zero-order chi connectivity index (χ0) is 9.68. The summed E-state index contributed by atoms with van der Waals surface area (Å²) in [6.45, 7) is 0. The molecule has 0 atom stereocenters. The summed E-state index contributed by atoms with van der Waals surface area (Å²) in [4.78, 5) is 0. The van der Waals surface area contributed by atoms with Crippen LogP contribution in [0.5, 0.6) is 5.75 Å². The molecule has 1 N–H and O–H groups in total. The highest BCUT2D eigenvalue weighted by Crippen LogP contribution is 2.24. The minimum Gasteiger partial charge on any atom is -0.506 e. The number of hydrogen-bond donors (Lipinski definition) is 1. The van der Waals surface area contributed by atoms with Crippen molar-refractivity contribution < 1.29 is 5.11 Å². The fourth-order valence-electron chi connectivity index (χ4n) is 0.916. The first kappa shape index (κ1) is 10.4. The van der Waals surface area contributed by atoms with E-state index in [1.165, 1.54) is 0 Å². The number of phenols is 1. The second-order valence-electron chi connectivity index (χ2n) is 2.59. The molecule has 0 aliphatic heterocycles. The van der Waals surface area contributed by atoms with Gasteiger partial charge in [-0.2, -0.15) is 0 Å². The van der Waals surface area contributed by atoms with E-state index in [2.05, 4.69) is 0 Å². The van der Waals surface area contributed by atoms with Gasteiger partial charge < -0.3 is 5.11 Å². The molecule has 0 saturated heterocycles. The van der Waals surface area contributed by atoms with Gasteiger partial charge in [-0.05, 0) is 24.1 Å². The van der Waals surface area contributed by atoms with E-state index >= 15 is 0 Å². The van der Waals surface area contributed by atoms with Crippen LogP contribution in [0.4, 0.5) is 0 Å². The Bertz CT molecular complexity index is 308. The lowest BCUT2D eigenvalue weighted by Gasteiger charge is -1.97. The first-order valence-electron chi connectivity index (χ1n) is 3.95. The van der Waals surface area contributed by atoms with E-state index in [1.807, 2.05) is 18.2 Å². The van der Waals surface area contributed by atoms with Gasteiger partial charge in [0.05, 0.1) is 5.02 Å². The van der Waals surface area contributed by atoms with Crippen LogP contribution in [0.15, 0.2) is 24.3 Å². The Kier molecular flexibility index (Phi) is 4.13. The molecule has 0 unspecified atom stereocenters. The van der Waals surface area contributed by atoms with Crippen LogP contribution in [0.2, 0.25) is 5.02 Å². The molecular weight excluding hydrogens is 207 g/mol. The van der Waals surface area contributed by atoms with E-state index in [-0.39, 0.29) is 5.75 Å². The number of allylic oxidation sites excluding steroid dienone is 1. The molecule has 0 amide bonds. The first-order chi connectivity index (χ1) is 6.24. The number of halogens is 2. The smallest absolute Gasteiger partial charge is 0.134 e. The van der Waals surface area contributed by atoms with E-state index in [9.17, 15) is 5.11 Å². The van der Waals surface area contributed by atoms with Crippen LogP contribution in [-0.2, 0) is 0 Å². The number of rotatable bonds is 3. The highest BCUT2D eigenvalue weighted by Gasteiger charge is 1.96. The van der Waals surface area contributed by atoms with Gasteiger partial charge >= 0.3 is 0 Å². The molecule has 70 valence electrons. The van der Waals surface area contributed by atoms with Gasteiger partial charge in [0.15, 0.2) is 0 Å². The molecule has 3 heteroatoms. The van der Waals surface area contributed by atoms with Crippen LogP contribution in [0.25, 0.3) is 6.08 Å². The summed E-state index contributed by atoms with van der Waals surface area (Å²) < 4.78 is 0. The molecule has 0 aromatic heterocycles. The fourth-order valence-corrected chi connectivity index (χ4v) is 1.16. The largest absolute Gasteiger partial charge is 0.506 e. The standard InChI is InChI=1S/C10H10Cl2O/c11-6-2-1-3-8-4-5-9(12)10(13)7-8/h1,3-5,7,13H,2,6H2. The van der Waals surface area contributed by atoms with Crippen molar-refractivity contribution in [1.29, 1.82) is 0 Å². The van der Waals surface area contributed by atoms with Crippen molar-refractivity contribution >= 4 is 29.3 Å². The quantitative estimate of drug-likeness (QED) is 0.765. The first-order valence-corrected chi connectivity index (χ1v) is 4.86. The maximum Gasteiger partial charge on any atom is 0.134 e. The van der Waals surface area contributed by atoms with E-state index in [0.717, 1.165) is 12.0 Å². The third-order valence-electron chi connectivity index (χ3n) is 1.56. The molecule has 0 bridgehead atoms. The minimum absolute atomic E-state index is 0.106. The van der Waals surface area contributed by atoms with Crippen LogP contribution >= 0.6 is 23.2 Å². The third-order valence-corrected chi connectivity index (χ3v) is 2.09. The number of benzene rings is 1. The molecule has 0 aliphatic rings. The third kappa shape index (κ3) is 3.29. The second-order valence-corrected chi connectivity index (χ2v) is 3.38. The van der Waals surface area contributed by atoms with Gasteiger partial charge in [0.1, 0.15) is 5.75 Å². The average Bonchev–Trinajstić information content (AvgIpc) is 2.12. The van der Waals surface area contributed by atoms with Crippen LogP contribution in [-0.4, -0.2) is 11.0 Å². The molecule has 0 aliphatic carbocycles. The van der Waals surface area contributed by atoms with E-state index < -0.39 is 0 Å². The summed E-state index contributed by atoms with van der Waals surface area (Å²) in [5, 5.41) is 9.63. The lowest BCUT2D eigenvalue weighted by molar-refractivity contribution is 0.475. The van der Waals surface area contributed by atoms with Gasteiger partial charge in [0.25, 0.3) is 0 Å². The summed E-state index contributed by atoms with van der Waals surface area (Å²) >= 11 is 11.1. The Labute approximate surface area is 87.6 Å².